The van der Waals surface area contributed by atoms with Gasteiger partial charge in [0.15, 0.2) is 28.8 Å². The minimum atomic E-state index is -0.206. The Hall–Kier alpha value is -3.93. The summed E-state index contributed by atoms with van der Waals surface area (Å²) < 4.78 is 22.1. The van der Waals surface area contributed by atoms with E-state index in [2.05, 4.69) is 0 Å². The van der Waals surface area contributed by atoms with Gasteiger partial charge in [-0.3, -0.25) is 4.79 Å². The molecule has 3 aromatic carbocycles. The fraction of sp³-hybridized carbons (Fsp3) is 0.192. The van der Waals surface area contributed by atoms with Crippen LogP contribution in [0.3, 0.4) is 0 Å². The number of aromatic hydroxyl groups is 1. The van der Waals surface area contributed by atoms with Crippen LogP contribution in [0.4, 0.5) is 0 Å². The number of carbonyl (C=O) groups is 1. The number of phenolic OH excluding ortho intramolecular Hbond substituents is 1. The van der Waals surface area contributed by atoms with Crippen molar-refractivity contribution in [3.63, 3.8) is 0 Å². The van der Waals surface area contributed by atoms with Crippen LogP contribution < -0.4 is 18.9 Å². The molecular weight excluding hydrogens is 408 g/mol. The lowest BCUT2D eigenvalue weighted by atomic mass is 10.1. The Balaban J connectivity index is 1.76. The van der Waals surface area contributed by atoms with Crippen molar-refractivity contribution in [2.75, 3.05) is 20.8 Å². The third-order valence-electron chi connectivity index (χ3n) is 4.73. The minimum Gasteiger partial charge on any atom is -0.504 e. The summed E-state index contributed by atoms with van der Waals surface area (Å²) in [7, 11) is 3.04. The lowest BCUT2D eigenvalue weighted by molar-refractivity contribution is 0.104. The van der Waals surface area contributed by atoms with E-state index in [0.29, 0.717) is 29.4 Å². The molecule has 0 aliphatic rings. The van der Waals surface area contributed by atoms with Crippen molar-refractivity contribution >= 4 is 11.9 Å². The normalized spacial score (nSPS) is 10.7. The standard InChI is InChI=1S/C26H26O6/c1-4-31-24-7-5-6-8-25(24)32-17-20-15-18(10-14-23(20)29-2)9-12-21(27)19-11-13-22(28)26(16-19)30-3/h5-16,28H,4,17H2,1-3H3/b12-9+. The van der Waals surface area contributed by atoms with Gasteiger partial charge in [0.2, 0.25) is 0 Å². The van der Waals surface area contributed by atoms with Gasteiger partial charge < -0.3 is 24.1 Å². The quantitative estimate of drug-likeness (QED) is 0.346. The van der Waals surface area contributed by atoms with Gasteiger partial charge in [-0.05, 0) is 61.0 Å². The monoisotopic (exact) mass is 434 g/mol. The van der Waals surface area contributed by atoms with E-state index in [1.165, 1.54) is 25.3 Å². The van der Waals surface area contributed by atoms with E-state index < -0.39 is 0 Å². The molecule has 0 spiro atoms. The van der Waals surface area contributed by atoms with Gasteiger partial charge >= 0.3 is 0 Å². The Morgan fingerprint density at radius 1 is 0.875 bits per heavy atom. The van der Waals surface area contributed by atoms with Crippen molar-refractivity contribution < 1.29 is 28.8 Å². The molecule has 0 unspecified atom stereocenters. The van der Waals surface area contributed by atoms with Gasteiger partial charge in [0.25, 0.3) is 0 Å². The Kier molecular flexibility index (Phi) is 7.75. The molecule has 32 heavy (non-hydrogen) atoms. The Morgan fingerprint density at radius 2 is 1.59 bits per heavy atom. The van der Waals surface area contributed by atoms with Gasteiger partial charge in [0.1, 0.15) is 12.4 Å². The number of ether oxygens (including phenoxy) is 4. The van der Waals surface area contributed by atoms with Crippen molar-refractivity contribution in [2.24, 2.45) is 0 Å². The zero-order valence-corrected chi connectivity index (χ0v) is 18.3. The van der Waals surface area contributed by atoms with Crippen LogP contribution in [0, 0.1) is 0 Å². The fourth-order valence-electron chi connectivity index (χ4n) is 3.11. The highest BCUT2D eigenvalue weighted by atomic mass is 16.5. The predicted molar refractivity (Wildman–Crippen MR) is 123 cm³/mol. The Morgan fingerprint density at radius 3 is 2.28 bits per heavy atom. The molecule has 0 aliphatic heterocycles. The maximum atomic E-state index is 12.5. The van der Waals surface area contributed by atoms with Crippen molar-refractivity contribution in [1.29, 1.82) is 0 Å². The molecular formula is C26H26O6. The summed E-state index contributed by atoms with van der Waals surface area (Å²) in [5.41, 5.74) is 2.07. The number of phenols is 1. The number of hydrogen-bond donors (Lipinski definition) is 1. The molecule has 6 heteroatoms. The highest BCUT2D eigenvalue weighted by Gasteiger charge is 2.10. The van der Waals surface area contributed by atoms with Crippen molar-refractivity contribution in [3.05, 3.63) is 83.4 Å². The fourth-order valence-corrected chi connectivity index (χ4v) is 3.11. The number of benzene rings is 3. The van der Waals surface area contributed by atoms with Crippen LogP contribution in [0.15, 0.2) is 66.7 Å². The van der Waals surface area contributed by atoms with Gasteiger partial charge in [0, 0.05) is 11.1 Å². The second-order valence-corrected chi connectivity index (χ2v) is 6.82. The number of allylic oxidation sites excluding steroid dienone is 1. The molecule has 3 rings (SSSR count). The van der Waals surface area contributed by atoms with Gasteiger partial charge in [0.05, 0.1) is 20.8 Å². The number of ketones is 1. The van der Waals surface area contributed by atoms with Gasteiger partial charge in [-0.1, -0.05) is 24.3 Å². The van der Waals surface area contributed by atoms with E-state index in [1.807, 2.05) is 49.4 Å². The number of carbonyl (C=O) groups excluding carboxylic acids is 1. The molecule has 0 saturated carbocycles. The average molecular weight is 434 g/mol. The maximum absolute atomic E-state index is 12.5. The molecule has 6 nitrogen and oxygen atoms in total. The highest BCUT2D eigenvalue weighted by molar-refractivity contribution is 6.07. The summed E-state index contributed by atoms with van der Waals surface area (Å²) in [6.07, 6.45) is 3.20. The summed E-state index contributed by atoms with van der Waals surface area (Å²) in [6, 6.07) is 17.6. The van der Waals surface area contributed by atoms with E-state index in [1.54, 1.807) is 19.3 Å². The van der Waals surface area contributed by atoms with Crippen LogP contribution in [0.1, 0.15) is 28.4 Å². The molecule has 0 aromatic heterocycles. The summed E-state index contributed by atoms with van der Waals surface area (Å²) in [5.74, 6) is 2.04. The molecule has 0 aliphatic carbocycles. The number of hydrogen-bond acceptors (Lipinski definition) is 6. The molecule has 0 heterocycles. The number of methoxy groups -OCH3 is 2. The minimum absolute atomic E-state index is 0.0151. The zero-order chi connectivity index (χ0) is 22.9. The van der Waals surface area contributed by atoms with Crippen molar-refractivity contribution in [2.45, 2.75) is 13.5 Å². The molecule has 1 N–H and O–H groups in total. The van der Waals surface area contributed by atoms with Crippen LogP contribution in [-0.2, 0) is 6.61 Å². The second kappa shape index (κ2) is 10.9. The van der Waals surface area contributed by atoms with E-state index in [0.717, 1.165) is 11.1 Å². The summed E-state index contributed by atoms with van der Waals surface area (Å²) >= 11 is 0. The smallest absolute Gasteiger partial charge is 0.185 e. The molecule has 0 radical (unpaired) electrons. The second-order valence-electron chi connectivity index (χ2n) is 6.82. The largest absolute Gasteiger partial charge is 0.504 e. The molecule has 0 bridgehead atoms. The topological polar surface area (TPSA) is 74.2 Å². The van der Waals surface area contributed by atoms with Crippen LogP contribution in [0.25, 0.3) is 6.08 Å². The Bertz CT molecular complexity index is 1100. The third-order valence-corrected chi connectivity index (χ3v) is 4.73. The molecule has 0 atom stereocenters. The van der Waals surface area contributed by atoms with Crippen LogP contribution in [0.2, 0.25) is 0 Å². The lowest BCUT2D eigenvalue weighted by Crippen LogP contribution is -2.01. The first-order chi connectivity index (χ1) is 15.5. The summed E-state index contributed by atoms with van der Waals surface area (Å²) in [4.78, 5) is 12.5. The molecule has 0 fully saturated rings. The molecule has 166 valence electrons. The van der Waals surface area contributed by atoms with Crippen molar-refractivity contribution in [1.82, 2.24) is 0 Å². The summed E-state index contributed by atoms with van der Waals surface area (Å²) in [5, 5.41) is 9.70. The van der Waals surface area contributed by atoms with E-state index >= 15 is 0 Å². The maximum Gasteiger partial charge on any atom is 0.185 e. The third kappa shape index (κ3) is 5.60. The number of rotatable bonds is 10. The molecule has 0 saturated heterocycles. The van der Waals surface area contributed by atoms with E-state index in [-0.39, 0.29) is 23.9 Å². The first-order valence-electron chi connectivity index (χ1n) is 10.2. The molecule has 0 amide bonds. The van der Waals surface area contributed by atoms with Gasteiger partial charge in [-0.2, -0.15) is 0 Å². The first-order valence-corrected chi connectivity index (χ1v) is 10.2. The zero-order valence-electron chi connectivity index (χ0n) is 18.3. The van der Waals surface area contributed by atoms with Crippen molar-refractivity contribution in [3.8, 4) is 28.7 Å². The Labute approximate surface area is 187 Å². The average Bonchev–Trinajstić information content (AvgIpc) is 2.82. The summed E-state index contributed by atoms with van der Waals surface area (Å²) in [6.45, 7) is 2.74. The highest BCUT2D eigenvalue weighted by Crippen LogP contribution is 2.29. The number of para-hydroxylation sites is 2. The van der Waals surface area contributed by atoms with Crippen LogP contribution in [0.5, 0.6) is 28.7 Å². The predicted octanol–water partition coefficient (Wildman–Crippen LogP) is 5.28. The van der Waals surface area contributed by atoms with E-state index in [4.69, 9.17) is 18.9 Å². The van der Waals surface area contributed by atoms with E-state index in [9.17, 15) is 9.90 Å². The van der Waals surface area contributed by atoms with Gasteiger partial charge in [-0.25, -0.2) is 0 Å². The molecule has 3 aromatic rings. The first kappa shape index (κ1) is 22.7. The SMILES string of the molecule is CCOc1ccccc1OCc1cc(/C=C/C(=O)c2ccc(O)c(OC)c2)ccc1OC. The lowest BCUT2D eigenvalue weighted by Gasteiger charge is -2.14. The van der Waals surface area contributed by atoms with Gasteiger partial charge in [-0.15, -0.1) is 0 Å². The van der Waals surface area contributed by atoms with Crippen LogP contribution >= 0.6 is 0 Å². The van der Waals surface area contributed by atoms with Crippen LogP contribution in [-0.4, -0.2) is 31.7 Å².